The summed E-state index contributed by atoms with van der Waals surface area (Å²) in [5, 5.41) is 18.2. The molecule has 9 heteroatoms. The zero-order valence-electron chi connectivity index (χ0n) is 26.3. The number of likely N-dealkylation sites (N-methyl/N-ethyl adjacent to an activating group) is 1. The Labute approximate surface area is 246 Å². The lowest BCUT2D eigenvalue weighted by Gasteiger charge is -2.35. The van der Waals surface area contributed by atoms with Crippen molar-refractivity contribution >= 4 is 35.4 Å². The summed E-state index contributed by atoms with van der Waals surface area (Å²) in [5.41, 5.74) is -0.197. The lowest BCUT2D eigenvalue weighted by Crippen LogP contribution is -2.57. The fourth-order valence-electron chi connectivity index (χ4n) is 4.50. The third-order valence-corrected chi connectivity index (χ3v) is 7.26. The van der Waals surface area contributed by atoms with Crippen molar-refractivity contribution < 1.29 is 19.4 Å². The molecule has 1 aliphatic carbocycles. The molecule has 0 unspecified atom stereocenters. The van der Waals surface area contributed by atoms with Crippen LogP contribution in [0, 0.1) is 10.8 Å². The molecule has 0 aliphatic heterocycles. The number of thiocarbonyl (C=S) groups is 1. The zero-order chi connectivity index (χ0) is 30.6. The van der Waals surface area contributed by atoms with Gasteiger partial charge in [0.2, 0.25) is 5.91 Å². The quantitative estimate of drug-likeness (QED) is 0.182. The minimum absolute atomic E-state index is 0.0220. The maximum Gasteiger partial charge on any atom is 0.316 e. The van der Waals surface area contributed by atoms with Gasteiger partial charge in [-0.15, -0.1) is 0 Å². The molecular weight excluding hydrogens is 524 g/mol. The van der Waals surface area contributed by atoms with Crippen LogP contribution in [0.25, 0.3) is 0 Å². The predicted octanol–water partition coefficient (Wildman–Crippen LogP) is 5.34. The van der Waals surface area contributed by atoms with Gasteiger partial charge in [-0.2, -0.15) is 0 Å². The Morgan fingerprint density at radius 1 is 1.07 bits per heavy atom. The summed E-state index contributed by atoms with van der Waals surface area (Å²) in [6.07, 6.45) is 5.50. The summed E-state index contributed by atoms with van der Waals surface area (Å²) in [6, 6.07) is 2.82. The Balaban J connectivity index is 2.31. The van der Waals surface area contributed by atoms with E-state index in [2.05, 4.69) is 10.6 Å². The normalized spacial score (nSPS) is 19.2. The Kier molecular flexibility index (Phi) is 10.8. The monoisotopic (exact) mass is 574 g/mol. The number of amides is 1. The number of aromatic hydroxyl groups is 1. The van der Waals surface area contributed by atoms with Crippen molar-refractivity contribution in [3.63, 3.8) is 0 Å². The third-order valence-electron chi connectivity index (χ3n) is 7.02. The van der Waals surface area contributed by atoms with E-state index in [0.717, 1.165) is 25.7 Å². The molecule has 0 heterocycles. The summed E-state index contributed by atoms with van der Waals surface area (Å²) in [4.78, 5) is 31.9. The third kappa shape index (κ3) is 9.18. The van der Waals surface area contributed by atoms with Crippen molar-refractivity contribution in [3.8, 4) is 11.5 Å². The highest BCUT2D eigenvalue weighted by molar-refractivity contribution is 7.80. The molecule has 0 spiro atoms. The van der Waals surface area contributed by atoms with Crippen molar-refractivity contribution in [2.24, 2.45) is 15.8 Å². The first kappa shape index (κ1) is 33.5. The van der Waals surface area contributed by atoms with Crippen LogP contribution in [0.1, 0.15) is 99.1 Å². The molecule has 1 aromatic carbocycles. The second-order valence-corrected chi connectivity index (χ2v) is 14.6. The fourth-order valence-corrected chi connectivity index (χ4v) is 4.77. The van der Waals surface area contributed by atoms with E-state index in [1.165, 1.54) is 0 Å². The van der Waals surface area contributed by atoms with E-state index in [1.54, 1.807) is 58.1 Å². The van der Waals surface area contributed by atoms with E-state index in [-0.39, 0.29) is 40.5 Å². The number of esters is 1. The van der Waals surface area contributed by atoms with Crippen LogP contribution in [0.3, 0.4) is 0 Å². The van der Waals surface area contributed by atoms with E-state index in [1.807, 2.05) is 41.5 Å². The molecule has 224 valence electrons. The van der Waals surface area contributed by atoms with Gasteiger partial charge in [-0.25, -0.2) is 0 Å². The van der Waals surface area contributed by atoms with E-state index < -0.39 is 11.5 Å². The van der Waals surface area contributed by atoms with E-state index in [4.69, 9.17) is 21.9 Å². The average molecular weight is 575 g/mol. The van der Waals surface area contributed by atoms with Gasteiger partial charge in [0.1, 0.15) is 17.5 Å². The number of nitrogens with one attached hydrogen (secondary N) is 2. The van der Waals surface area contributed by atoms with Gasteiger partial charge in [-0.1, -0.05) is 54.4 Å². The Morgan fingerprint density at radius 3 is 2.20 bits per heavy atom. The molecule has 1 fully saturated rings. The van der Waals surface area contributed by atoms with Gasteiger partial charge in [-0.3, -0.25) is 14.6 Å². The first-order chi connectivity index (χ1) is 18.2. The van der Waals surface area contributed by atoms with Crippen molar-refractivity contribution in [3.05, 3.63) is 23.3 Å². The lowest BCUT2D eigenvalue weighted by molar-refractivity contribution is -0.143. The molecule has 2 rings (SSSR count). The molecule has 1 aliphatic rings. The minimum Gasteiger partial charge on any atom is -0.507 e. The van der Waals surface area contributed by atoms with Gasteiger partial charge in [0.25, 0.3) is 0 Å². The summed E-state index contributed by atoms with van der Waals surface area (Å²) in [6.45, 7) is 17.4. The van der Waals surface area contributed by atoms with E-state index in [0.29, 0.717) is 22.0 Å². The van der Waals surface area contributed by atoms with E-state index >= 15 is 0 Å². The van der Waals surface area contributed by atoms with Crippen LogP contribution >= 0.6 is 12.2 Å². The number of aliphatic imine (C=N–C) groups is 1. The molecule has 1 saturated carbocycles. The van der Waals surface area contributed by atoms with Crippen molar-refractivity contribution in [2.75, 3.05) is 14.1 Å². The number of nitrogens with zero attached hydrogens (tertiary/aromatic N) is 2. The summed E-state index contributed by atoms with van der Waals surface area (Å²) in [5.74, 6) is 0.123. The van der Waals surface area contributed by atoms with Crippen molar-refractivity contribution in [1.82, 2.24) is 15.5 Å². The summed E-state index contributed by atoms with van der Waals surface area (Å²) in [7, 11) is 3.48. The smallest absolute Gasteiger partial charge is 0.316 e. The van der Waals surface area contributed by atoms with Crippen molar-refractivity contribution in [1.29, 1.82) is 0 Å². The zero-order valence-corrected chi connectivity index (χ0v) is 27.1. The highest BCUT2D eigenvalue weighted by atomic mass is 32.1. The Morgan fingerprint density at radius 2 is 1.68 bits per heavy atom. The molecule has 0 aromatic heterocycles. The molecule has 8 nitrogen and oxygen atoms in total. The first-order valence-corrected chi connectivity index (χ1v) is 14.5. The predicted molar refractivity (Wildman–Crippen MR) is 166 cm³/mol. The van der Waals surface area contributed by atoms with Crippen LogP contribution in [0.2, 0.25) is 0 Å². The Hall–Kier alpha value is -2.68. The molecular formula is C31H50N4O4S. The SMILES string of the molecule is CN(C)C(=O)[C@@H](NC(=S)N[C@@H]1CCCC[C@H]1N=Cc1cc(OC(=O)C(C)(C)C)cc(C(C)(C)C)c1O)C(C)(C)C. The van der Waals surface area contributed by atoms with Gasteiger partial charge in [-0.05, 0) is 68.8 Å². The molecule has 3 atom stereocenters. The molecule has 1 aromatic rings. The molecule has 0 radical (unpaired) electrons. The number of carbonyl (C=O) groups is 2. The van der Waals surface area contributed by atoms with E-state index in [9.17, 15) is 14.7 Å². The standard InChI is InChI=1S/C31H50N4O4S/c1-29(2,3)21-17-20(39-27(38)31(7,8)9)16-19(24(21)36)18-32-22-14-12-13-15-23(22)33-28(40)34-25(30(4,5)6)26(37)35(10)11/h16-18,22-23,25,36H,12-15H2,1-11H3,(H2,33,34,40)/t22-,23-,25-/m1/s1. The number of benzene rings is 1. The maximum atomic E-state index is 12.8. The second kappa shape index (κ2) is 12.9. The minimum atomic E-state index is -0.662. The van der Waals surface area contributed by atoms with Gasteiger partial charge in [0.05, 0.1) is 17.5 Å². The number of hydrogen-bond acceptors (Lipinski definition) is 6. The van der Waals surface area contributed by atoms with Crippen LogP contribution in [0.5, 0.6) is 11.5 Å². The Bertz CT molecular complexity index is 1110. The maximum absolute atomic E-state index is 12.8. The number of carbonyl (C=O) groups excluding carboxylic acids is 2. The van der Waals surface area contributed by atoms with Crippen LogP contribution in [0.15, 0.2) is 17.1 Å². The topological polar surface area (TPSA) is 103 Å². The number of rotatable bonds is 6. The average Bonchev–Trinajstić information content (AvgIpc) is 2.80. The number of phenols is 1. The molecule has 40 heavy (non-hydrogen) atoms. The fraction of sp³-hybridized carbons (Fsp3) is 0.677. The highest BCUT2D eigenvalue weighted by Crippen LogP contribution is 2.37. The van der Waals surface area contributed by atoms with Crippen LogP contribution in [-0.4, -0.2) is 65.4 Å². The van der Waals surface area contributed by atoms with Gasteiger partial charge in [0.15, 0.2) is 5.11 Å². The molecule has 1 amide bonds. The van der Waals surface area contributed by atoms with Gasteiger partial charge in [0, 0.05) is 31.4 Å². The number of hydrogen-bond donors (Lipinski definition) is 3. The first-order valence-electron chi connectivity index (χ1n) is 14.1. The van der Waals surface area contributed by atoms with Crippen LogP contribution in [0.4, 0.5) is 0 Å². The summed E-state index contributed by atoms with van der Waals surface area (Å²) < 4.78 is 5.70. The molecule has 0 saturated heterocycles. The van der Waals surface area contributed by atoms with Gasteiger partial charge < -0.3 is 25.4 Å². The lowest BCUT2D eigenvalue weighted by atomic mass is 9.85. The largest absolute Gasteiger partial charge is 0.507 e. The second-order valence-electron chi connectivity index (χ2n) is 14.2. The van der Waals surface area contributed by atoms with Crippen LogP contribution in [-0.2, 0) is 15.0 Å². The van der Waals surface area contributed by atoms with Crippen LogP contribution < -0.4 is 15.4 Å². The molecule has 3 N–H and O–H groups in total. The number of ether oxygens (including phenoxy) is 1. The molecule has 0 bridgehead atoms. The van der Waals surface area contributed by atoms with Crippen molar-refractivity contribution in [2.45, 2.75) is 112 Å². The highest BCUT2D eigenvalue weighted by Gasteiger charge is 2.34. The summed E-state index contributed by atoms with van der Waals surface area (Å²) >= 11 is 5.65. The number of phenolic OH excluding ortho intramolecular Hbond substituents is 1. The van der Waals surface area contributed by atoms with Gasteiger partial charge >= 0.3 is 5.97 Å².